The van der Waals surface area contributed by atoms with Gasteiger partial charge in [0.1, 0.15) is 0 Å². The summed E-state index contributed by atoms with van der Waals surface area (Å²) in [6.45, 7) is 5.48. The van der Waals surface area contributed by atoms with Crippen LogP contribution in [0.3, 0.4) is 0 Å². The van der Waals surface area contributed by atoms with Crippen molar-refractivity contribution >= 4 is 5.91 Å². The van der Waals surface area contributed by atoms with Gasteiger partial charge in [0.05, 0.1) is 6.10 Å². The van der Waals surface area contributed by atoms with E-state index in [1.807, 2.05) is 36.1 Å². The lowest BCUT2D eigenvalue weighted by Gasteiger charge is -2.53. The van der Waals surface area contributed by atoms with Crippen molar-refractivity contribution in [2.24, 2.45) is 5.41 Å². The summed E-state index contributed by atoms with van der Waals surface area (Å²) in [5.41, 5.74) is 1.70. The van der Waals surface area contributed by atoms with Crippen LogP contribution in [0, 0.1) is 12.3 Å². The Morgan fingerprint density at radius 2 is 1.81 bits per heavy atom. The van der Waals surface area contributed by atoms with Gasteiger partial charge in [0.2, 0.25) is 0 Å². The van der Waals surface area contributed by atoms with E-state index in [9.17, 15) is 9.90 Å². The van der Waals surface area contributed by atoms with E-state index < -0.39 is 0 Å². The van der Waals surface area contributed by atoms with Gasteiger partial charge >= 0.3 is 0 Å². The van der Waals surface area contributed by atoms with E-state index in [0.29, 0.717) is 12.6 Å². The fraction of sp³-hybridized carbons (Fsp3) is 0.696. The molecule has 148 valence electrons. The Balaban J connectivity index is 1.51. The molecule has 1 aromatic carbocycles. The van der Waals surface area contributed by atoms with Crippen molar-refractivity contribution in [2.75, 3.05) is 26.2 Å². The minimum Gasteiger partial charge on any atom is -0.392 e. The fourth-order valence-corrected chi connectivity index (χ4v) is 5.66. The number of aliphatic hydroxyl groups excluding tert-OH is 1. The second kappa shape index (κ2) is 7.92. The number of carbonyl (C=O) groups excluding carboxylic acids is 1. The molecule has 0 aromatic heterocycles. The largest absolute Gasteiger partial charge is 0.392 e. The van der Waals surface area contributed by atoms with E-state index in [2.05, 4.69) is 4.90 Å². The van der Waals surface area contributed by atoms with Crippen molar-refractivity contribution < 1.29 is 9.90 Å². The van der Waals surface area contributed by atoms with E-state index >= 15 is 0 Å². The minimum absolute atomic E-state index is 0.133. The van der Waals surface area contributed by atoms with Gasteiger partial charge in [0, 0.05) is 43.2 Å². The molecule has 1 N–H and O–H groups in total. The summed E-state index contributed by atoms with van der Waals surface area (Å²) in [5.74, 6) is 0.133. The van der Waals surface area contributed by atoms with Crippen molar-refractivity contribution in [2.45, 2.75) is 70.4 Å². The Kier molecular flexibility index (Phi) is 5.56. The number of aryl methyl sites for hydroxylation is 1. The zero-order valence-corrected chi connectivity index (χ0v) is 16.7. The van der Waals surface area contributed by atoms with Gasteiger partial charge in [-0.3, -0.25) is 9.69 Å². The van der Waals surface area contributed by atoms with E-state index in [1.165, 1.54) is 32.1 Å². The lowest BCUT2D eigenvalue weighted by Crippen LogP contribution is -2.61. The zero-order chi connectivity index (χ0) is 18.9. The summed E-state index contributed by atoms with van der Waals surface area (Å²) in [5, 5.41) is 11.0. The molecule has 1 saturated carbocycles. The minimum atomic E-state index is -0.287. The Bertz CT molecular complexity index is 670. The van der Waals surface area contributed by atoms with Crippen LogP contribution < -0.4 is 0 Å². The molecule has 3 fully saturated rings. The highest BCUT2D eigenvalue weighted by atomic mass is 16.3. The quantitative estimate of drug-likeness (QED) is 0.865. The van der Waals surface area contributed by atoms with Crippen LogP contribution in [0.1, 0.15) is 67.3 Å². The van der Waals surface area contributed by atoms with Crippen molar-refractivity contribution in [3.05, 3.63) is 35.4 Å². The topological polar surface area (TPSA) is 43.8 Å². The second-order valence-electron chi connectivity index (χ2n) is 9.07. The first-order chi connectivity index (χ1) is 13.1. The maximum atomic E-state index is 13.2. The van der Waals surface area contributed by atoms with Gasteiger partial charge in [-0.1, -0.05) is 37.5 Å². The Morgan fingerprint density at radius 3 is 2.59 bits per heavy atom. The first-order valence-electron chi connectivity index (χ1n) is 10.9. The maximum absolute atomic E-state index is 13.2. The Hall–Kier alpha value is -1.39. The van der Waals surface area contributed by atoms with Crippen molar-refractivity contribution in [3.8, 4) is 0 Å². The number of rotatable bonds is 2. The monoisotopic (exact) mass is 370 g/mol. The molecule has 2 atom stereocenters. The first-order valence-corrected chi connectivity index (χ1v) is 10.9. The van der Waals surface area contributed by atoms with Gasteiger partial charge in [0.15, 0.2) is 0 Å². The molecule has 0 unspecified atom stereocenters. The standard InChI is InChI=1S/C23H34N2O2/c1-18-8-5-6-11-20(18)22(27)25-14-7-13-23(17-25)16-24(15-12-21(23)26)19-9-3-2-4-10-19/h5-6,8,11,19,21,26H,2-4,7,9-10,12-17H2,1H3/t21-,23-/m1/s1. The predicted molar refractivity (Wildman–Crippen MR) is 108 cm³/mol. The third-order valence-corrected chi connectivity index (χ3v) is 7.28. The van der Waals surface area contributed by atoms with Gasteiger partial charge in [0.25, 0.3) is 5.91 Å². The molecular formula is C23H34N2O2. The molecule has 27 heavy (non-hydrogen) atoms. The number of piperidine rings is 2. The van der Waals surface area contributed by atoms with Crippen LogP contribution in [0.4, 0.5) is 0 Å². The van der Waals surface area contributed by atoms with E-state index in [1.54, 1.807) is 0 Å². The molecule has 4 rings (SSSR count). The molecule has 1 aliphatic carbocycles. The third-order valence-electron chi connectivity index (χ3n) is 7.28. The fourth-order valence-electron chi connectivity index (χ4n) is 5.66. The number of aliphatic hydroxyl groups is 1. The molecule has 2 aliphatic heterocycles. The van der Waals surface area contributed by atoms with Crippen LogP contribution in [-0.2, 0) is 0 Å². The van der Waals surface area contributed by atoms with E-state index in [0.717, 1.165) is 50.0 Å². The van der Waals surface area contributed by atoms with Crippen LogP contribution in [-0.4, -0.2) is 59.1 Å². The van der Waals surface area contributed by atoms with Crippen molar-refractivity contribution in [3.63, 3.8) is 0 Å². The highest BCUT2D eigenvalue weighted by Gasteiger charge is 2.47. The van der Waals surface area contributed by atoms with Crippen LogP contribution in [0.5, 0.6) is 0 Å². The predicted octanol–water partition coefficient (Wildman–Crippen LogP) is 3.62. The van der Waals surface area contributed by atoms with Crippen LogP contribution in [0.25, 0.3) is 0 Å². The van der Waals surface area contributed by atoms with E-state index in [-0.39, 0.29) is 17.4 Å². The maximum Gasteiger partial charge on any atom is 0.254 e. The van der Waals surface area contributed by atoms with Crippen LogP contribution in [0.2, 0.25) is 0 Å². The summed E-state index contributed by atoms with van der Waals surface area (Å²) < 4.78 is 0. The summed E-state index contributed by atoms with van der Waals surface area (Å²) in [4.78, 5) is 17.8. The molecular weight excluding hydrogens is 336 g/mol. The first kappa shape index (κ1) is 18.9. The molecule has 1 amide bonds. The summed E-state index contributed by atoms with van der Waals surface area (Å²) >= 11 is 0. The van der Waals surface area contributed by atoms with Crippen molar-refractivity contribution in [1.82, 2.24) is 9.80 Å². The molecule has 1 spiro atoms. The summed E-state index contributed by atoms with van der Waals surface area (Å²) in [7, 11) is 0. The third kappa shape index (κ3) is 3.79. The molecule has 0 radical (unpaired) electrons. The number of nitrogens with zero attached hydrogens (tertiary/aromatic N) is 2. The summed E-state index contributed by atoms with van der Waals surface area (Å²) in [6, 6.07) is 8.56. The van der Waals surface area contributed by atoms with Gasteiger partial charge in [-0.05, 0) is 50.7 Å². The number of amides is 1. The van der Waals surface area contributed by atoms with Gasteiger partial charge in [-0.15, -0.1) is 0 Å². The van der Waals surface area contributed by atoms with Gasteiger partial charge in [-0.25, -0.2) is 0 Å². The van der Waals surface area contributed by atoms with Gasteiger partial charge in [-0.2, -0.15) is 0 Å². The number of carbonyl (C=O) groups is 1. The molecule has 2 heterocycles. The number of hydrogen-bond donors (Lipinski definition) is 1. The molecule has 3 aliphatic rings. The normalized spacial score (nSPS) is 30.6. The summed E-state index contributed by atoms with van der Waals surface area (Å²) in [6.07, 6.45) is 9.26. The van der Waals surface area contributed by atoms with E-state index in [4.69, 9.17) is 0 Å². The Morgan fingerprint density at radius 1 is 1.04 bits per heavy atom. The second-order valence-corrected chi connectivity index (χ2v) is 9.07. The number of hydrogen-bond acceptors (Lipinski definition) is 3. The smallest absolute Gasteiger partial charge is 0.254 e. The Labute approximate surface area is 163 Å². The van der Waals surface area contributed by atoms with Crippen molar-refractivity contribution in [1.29, 1.82) is 0 Å². The average molecular weight is 371 g/mol. The van der Waals surface area contributed by atoms with Crippen LogP contribution >= 0.6 is 0 Å². The highest BCUT2D eigenvalue weighted by Crippen LogP contribution is 2.41. The number of benzene rings is 1. The zero-order valence-electron chi connectivity index (χ0n) is 16.7. The average Bonchev–Trinajstić information content (AvgIpc) is 2.71. The lowest BCUT2D eigenvalue weighted by atomic mass is 9.70. The molecule has 0 bridgehead atoms. The van der Waals surface area contributed by atoms with Gasteiger partial charge < -0.3 is 10.0 Å². The lowest BCUT2D eigenvalue weighted by molar-refractivity contribution is -0.0906. The molecule has 2 saturated heterocycles. The SMILES string of the molecule is Cc1ccccc1C(=O)N1CCC[C@]2(C1)CN(C1CCCCC1)CC[C@H]2O. The highest BCUT2D eigenvalue weighted by molar-refractivity contribution is 5.95. The molecule has 4 nitrogen and oxygen atoms in total. The van der Waals surface area contributed by atoms with Crippen LogP contribution in [0.15, 0.2) is 24.3 Å². The molecule has 4 heteroatoms. The molecule has 1 aromatic rings. The number of likely N-dealkylation sites (tertiary alicyclic amines) is 2.